The van der Waals surface area contributed by atoms with Crippen LogP contribution in [0.2, 0.25) is 0 Å². The van der Waals surface area contributed by atoms with Crippen molar-refractivity contribution in [1.82, 2.24) is 0 Å². The molecule has 66 valence electrons. The van der Waals surface area contributed by atoms with Crippen LogP contribution in [0.3, 0.4) is 0 Å². The molecular weight excluding hydrogens is 242 g/mol. The van der Waals surface area contributed by atoms with E-state index in [1.165, 1.54) is 18.2 Å². The fraction of sp³-hybridized carbons (Fsp3) is 0.125. The molecule has 0 saturated heterocycles. The van der Waals surface area contributed by atoms with Gasteiger partial charge in [-0.2, -0.15) is 0 Å². The van der Waals surface area contributed by atoms with Gasteiger partial charge in [-0.25, -0.2) is 0 Å². The van der Waals surface area contributed by atoms with E-state index in [-0.39, 0.29) is 9.91 Å². The van der Waals surface area contributed by atoms with Crippen molar-refractivity contribution >= 4 is 21.2 Å². The Morgan fingerprint density at radius 1 is 1.31 bits per heavy atom. The van der Waals surface area contributed by atoms with Crippen molar-refractivity contribution in [2.45, 2.75) is 6.18 Å². The summed E-state index contributed by atoms with van der Waals surface area (Å²) in [6, 6.07) is 5.16. The Bertz CT molecular complexity index is 365. The van der Waals surface area contributed by atoms with Gasteiger partial charge in [0.15, 0.2) is 0 Å². The van der Waals surface area contributed by atoms with Crippen molar-refractivity contribution in [3.05, 3.63) is 29.3 Å². The van der Waals surface area contributed by atoms with Gasteiger partial charge in [0.25, 0.3) is 0 Å². The number of nitrogens with zero attached hydrogens (tertiary/aromatic N) is 1. The van der Waals surface area contributed by atoms with Crippen LogP contribution in [0.4, 0.5) is 13.2 Å². The van der Waals surface area contributed by atoms with E-state index >= 15 is 0 Å². The third-order valence-corrected chi connectivity index (χ3v) is 2.24. The zero-order valence-electron chi connectivity index (χ0n) is 6.26. The van der Waals surface area contributed by atoms with Gasteiger partial charge in [-0.1, -0.05) is 0 Å². The first-order chi connectivity index (χ1) is 5.96. The van der Waals surface area contributed by atoms with Crippen LogP contribution in [-0.4, -0.2) is 16.9 Å². The van der Waals surface area contributed by atoms with Gasteiger partial charge >= 0.3 is 81.2 Å². The van der Waals surface area contributed by atoms with Crippen molar-refractivity contribution in [1.29, 1.82) is 5.26 Å². The van der Waals surface area contributed by atoms with Crippen molar-refractivity contribution in [2.24, 2.45) is 0 Å². The van der Waals surface area contributed by atoms with E-state index in [1.54, 1.807) is 0 Å². The van der Waals surface area contributed by atoms with Crippen molar-refractivity contribution < 1.29 is 13.2 Å². The second kappa shape index (κ2) is 3.43. The Balaban J connectivity index is 3.40. The van der Waals surface area contributed by atoms with Crippen LogP contribution >= 0.6 is 0 Å². The van der Waals surface area contributed by atoms with E-state index in [0.29, 0.717) is 0 Å². The third-order valence-electron chi connectivity index (χ3n) is 1.46. The molecule has 0 fully saturated rings. The molecule has 1 aromatic rings. The topological polar surface area (TPSA) is 23.8 Å². The summed E-state index contributed by atoms with van der Waals surface area (Å²) in [5.74, 6) is 0. The fourth-order valence-electron chi connectivity index (χ4n) is 0.894. The predicted octanol–water partition coefficient (Wildman–Crippen LogP) is 1.37. The van der Waals surface area contributed by atoms with Crippen LogP contribution < -0.4 is 4.35 Å². The molecule has 1 rings (SSSR count). The summed E-state index contributed by atoms with van der Waals surface area (Å²) in [5.41, 5.74) is -1.21. The predicted molar refractivity (Wildman–Crippen MR) is 41.5 cm³/mol. The third kappa shape index (κ3) is 2.05. The number of hydrogen-bond acceptors (Lipinski definition) is 1. The summed E-state index contributed by atoms with van der Waals surface area (Å²) in [6.45, 7) is 0. The van der Waals surface area contributed by atoms with Gasteiger partial charge in [-0.05, 0) is 0 Å². The average Bonchev–Trinajstić information content (AvgIpc) is 2.02. The summed E-state index contributed by atoms with van der Waals surface area (Å²) in [4.78, 5) is 0. The van der Waals surface area contributed by atoms with Gasteiger partial charge in [0.2, 0.25) is 0 Å². The van der Waals surface area contributed by atoms with Gasteiger partial charge in [0, 0.05) is 0 Å². The Hall–Kier alpha value is -0.942. The molecule has 0 aliphatic heterocycles. The second-order valence-corrected chi connectivity index (χ2v) is 3.32. The normalized spacial score (nSPS) is 11.0. The molecule has 0 bridgehead atoms. The number of nitriles is 1. The molecule has 5 heteroatoms. The molecule has 0 heterocycles. The molecule has 0 N–H and O–H groups in total. The van der Waals surface area contributed by atoms with Crippen LogP contribution in [0, 0.1) is 11.3 Å². The first kappa shape index (κ1) is 10.1. The number of halogens is 3. The molecule has 0 spiro atoms. The van der Waals surface area contributed by atoms with Gasteiger partial charge in [-0.15, -0.1) is 0 Å². The van der Waals surface area contributed by atoms with Crippen molar-refractivity contribution in [3.63, 3.8) is 0 Å². The van der Waals surface area contributed by atoms with E-state index in [9.17, 15) is 13.2 Å². The summed E-state index contributed by atoms with van der Waals surface area (Å²) in [7, 11) is 0. The summed E-state index contributed by atoms with van der Waals surface area (Å²) >= 11 is 1.95. The molecule has 0 unspecified atom stereocenters. The maximum atomic E-state index is 12.3. The molecule has 0 saturated carbocycles. The Kier molecular flexibility index (Phi) is 2.68. The first-order valence-electron chi connectivity index (χ1n) is 3.26. The molecule has 2 radical (unpaired) electrons. The molecule has 0 aliphatic carbocycles. The van der Waals surface area contributed by atoms with E-state index < -0.39 is 11.7 Å². The van der Waals surface area contributed by atoms with Crippen LogP contribution in [0.25, 0.3) is 0 Å². The first-order valence-corrected chi connectivity index (χ1v) is 4.20. The standard InChI is InChI=1S/C8H3AsF3N/c9-7-3-1-2-6(5(7)4-13)8(10,11)12/h1-3H. The van der Waals surface area contributed by atoms with Crippen LogP contribution in [0.1, 0.15) is 11.1 Å². The minimum atomic E-state index is -4.46. The molecule has 0 aromatic heterocycles. The summed E-state index contributed by atoms with van der Waals surface area (Å²) < 4.78 is 37.1. The zero-order chi connectivity index (χ0) is 10.1. The Labute approximate surface area is 81.7 Å². The van der Waals surface area contributed by atoms with Gasteiger partial charge < -0.3 is 0 Å². The van der Waals surface area contributed by atoms with Gasteiger partial charge in [0.1, 0.15) is 0 Å². The molecular formula is C8H3AsF3N. The average molecular weight is 245 g/mol. The molecule has 0 amide bonds. The maximum absolute atomic E-state index is 12.3. The van der Waals surface area contributed by atoms with Gasteiger partial charge in [0.05, 0.1) is 0 Å². The quantitative estimate of drug-likeness (QED) is 0.633. The second-order valence-electron chi connectivity index (χ2n) is 2.31. The monoisotopic (exact) mass is 245 g/mol. The molecule has 13 heavy (non-hydrogen) atoms. The summed E-state index contributed by atoms with van der Waals surface area (Å²) in [6.07, 6.45) is -4.46. The number of rotatable bonds is 0. The van der Waals surface area contributed by atoms with Crippen molar-refractivity contribution in [2.75, 3.05) is 0 Å². The number of alkyl halides is 3. The molecule has 1 nitrogen and oxygen atoms in total. The van der Waals surface area contributed by atoms with Crippen LogP contribution in [0.5, 0.6) is 0 Å². The summed E-state index contributed by atoms with van der Waals surface area (Å²) in [5, 5.41) is 8.50. The molecule has 0 aliphatic rings. The molecule has 1 aromatic carbocycles. The zero-order valence-corrected chi connectivity index (χ0v) is 8.14. The van der Waals surface area contributed by atoms with E-state index in [2.05, 4.69) is 0 Å². The fourth-order valence-corrected chi connectivity index (χ4v) is 1.43. The SMILES string of the molecule is N#Cc1c([As])cccc1C(F)(F)F. The molecule has 0 atom stereocenters. The Morgan fingerprint density at radius 3 is 2.31 bits per heavy atom. The number of benzene rings is 1. The van der Waals surface area contributed by atoms with Crippen molar-refractivity contribution in [3.8, 4) is 6.07 Å². The van der Waals surface area contributed by atoms with Crippen LogP contribution in [-0.2, 0) is 6.18 Å². The van der Waals surface area contributed by atoms with E-state index in [1.807, 2.05) is 16.9 Å². The van der Waals surface area contributed by atoms with E-state index in [0.717, 1.165) is 6.07 Å². The number of hydrogen-bond donors (Lipinski definition) is 0. The minimum absolute atomic E-state index is 0.282. The van der Waals surface area contributed by atoms with Crippen LogP contribution in [0.15, 0.2) is 18.2 Å². The Morgan fingerprint density at radius 2 is 1.92 bits per heavy atom. The van der Waals surface area contributed by atoms with Gasteiger partial charge in [-0.3, -0.25) is 0 Å². The van der Waals surface area contributed by atoms with E-state index in [4.69, 9.17) is 5.26 Å².